The zero-order chi connectivity index (χ0) is 18.8. The molecule has 1 aromatic carbocycles. The highest BCUT2D eigenvalue weighted by atomic mass is 32.1. The van der Waals surface area contributed by atoms with E-state index in [0.29, 0.717) is 17.8 Å². The van der Waals surface area contributed by atoms with E-state index in [4.69, 9.17) is 0 Å². The van der Waals surface area contributed by atoms with E-state index in [9.17, 15) is 9.59 Å². The fourth-order valence-corrected chi connectivity index (χ4v) is 4.35. The molecule has 0 atom stereocenters. The molecule has 4 rings (SSSR count). The van der Waals surface area contributed by atoms with Gasteiger partial charge in [0.25, 0.3) is 5.56 Å². The summed E-state index contributed by atoms with van der Waals surface area (Å²) in [6.45, 7) is 2.15. The van der Waals surface area contributed by atoms with Crippen LogP contribution in [0.4, 0.5) is 0 Å². The number of thiazole rings is 1. The van der Waals surface area contributed by atoms with Crippen LogP contribution >= 0.6 is 22.7 Å². The zero-order valence-electron chi connectivity index (χ0n) is 14.5. The van der Waals surface area contributed by atoms with Crippen molar-refractivity contribution in [3.8, 4) is 10.6 Å². The average Bonchev–Trinajstić information content (AvgIpc) is 3.35. The number of hydrogen-bond donors (Lipinski definition) is 1. The molecule has 136 valence electrons. The van der Waals surface area contributed by atoms with Gasteiger partial charge in [0, 0.05) is 10.4 Å². The molecule has 4 aromatic rings. The number of carbonyl (C=O) groups excluding carboxylic acids is 1. The molecule has 27 heavy (non-hydrogen) atoms. The summed E-state index contributed by atoms with van der Waals surface area (Å²) in [4.78, 5) is 30.5. The Labute approximate surface area is 163 Å². The predicted molar refractivity (Wildman–Crippen MR) is 108 cm³/mol. The average molecular weight is 396 g/mol. The smallest absolute Gasteiger partial charge is 0.294 e. The number of aryl methyl sites for hydroxylation is 1. The van der Waals surface area contributed by atoms with Gasteiger partial charge in [-0.1, -0.05) is 36.4 Å². The molecule has 0 aliphatic rings. The van der Waals surface area contributed by atoms with Crippen LogP contribution in [0.3, 0.4) is 0 Å². The number of carbonyl (C=O) groups is 1. The van der Waals surface area contributed by atoms with E-state index in [-0.39, 0.29) is 18.0 Å². The molecule has 0 aliphatic heterocycles. The van der Waals surface area contributed by atoms with Gasteiger partial charge in [-0.2, -0.15) is 5.10 Å². The summed E-state index contributed by atoms with van der Waals surface area (Å²) in [5.74, 6) is -0.254. The maximum absolute atomic E-state index is 12.8. The van der Waals surface area contributed by atoms with Crippen LogP contribution in [0.1, 0.15) is 10.6 Å². The number of amides is 1. The van der Waals surface area contributed by atoms with E-state index in [0.717, 1.165) is 20.1 Å². The Hall–Kier alpha value is -2.84. The lowest BCUT2D eigenvalue weighted by atomic mass is 10.2. The summed E-state index contributed by atoms with van der Waals surface area (Å²) in [6.07, 6.45) is 0. The van der Waals surface area contributed by atoms with Crippen molar-refractivity contribution >= 4 is 38.8 Å². The van der Waals surface area contributed by atoms with Crippen molar-refractivity contribution in [3.05, 3.63) is 68.8 Å². The monoisotopic (exact) mass is 396 g/mol. The molecule has 0 spiro atoms. The number of hydrogen-bond acceptors (Lipinski definition) is 6. The summed E-state index contributed by atoms with van der Waals surface area (Å²) >= 11 is 3.01. The highest BCUT2D eigenvalue weighted by Gasteiger charge is 2.16. The van der Waals surface area contributed by atoms with Gasteiger partial charge in [0.05, 0.1) is 16.9 Å². The minimum absolute atomic E-state index is 0.126. The highest BCUT2D eigenvalue weighted by Crippen LogP contribution is 2.29. The molecule has 0 fully saturated rings. The molecule has 0 bridgehead atoms. The fraction of sp³-hybridized carbons (Fsp3) is 0.158. The molecule has 0 aliphatic carbocycles. The molecular weight excluding hydrogens is 380 g/mol. The quantitative estimate of drug-likeness (QED) is 0.562. The van der Waals surface area contributed by atoms with Crippen molar-refractivity contribution in [1.82, 2.24) is 20.1 Å². The van der Waals surface area contributed by atoms with Crippen LogP contribution in [0, 0.1) is 6.92 Å². The minimum atomic E-state index is -0.347. The van der Waals surface area contributed by atoms with Gasteiger partial charge in [0.15, 0.2) is 5.52 Å². The van der Waals surface area contributed by atoms with Crippen LogP contribution in [0.5, 0.6) is 0 Å². The summed E-state index contributed by atoms with van der Waals surface area (Å²) in [5, 5.41) is 9.85. The maximum Gasteiger partial charge on any atom is 0.294 e. The second-order valence-electron chi connectivity index (χ2n) is 5.97. The van der Waals surface area contributed by atoms with Crippen LogP contribution in [-0.4, -0.2) is 20.7 Å². The SMILES string of the molecule is Cc1nn(CC(=O)NCc2cccs2)c(=O)c2nc(-c3ccccc3)sc12. The third-order valence-corrected chi connectivity index (χ3v) is 6.11. The van der Waals surface area contributed by atoms with Gasteiger partial charge in [-0.15, -0.1) is 22.7 Å². The molecule has 8 heteroatoms. The van der Waals surface area contributed by atoms with Gasteiger partial charge in [0.1, 0.15) is 11.6 Å². The second-order valence-corrected chi connectivity index (χ2v) is 8.00. The maximum atomic E-state index is 12.8. The van der Waals surface area contributed by atoms with E-state index in [1.807, 2.05) is 54.8 Å². The van der Waals surface area contributed by atoms with Crippen LogP contribution in [-0.2, 0) is 17.9 Å². The molecule has 0 saturated carbocycles. The Kier molecular flexibility index (Phi) is 4.83. The molecule has 0 radical (unpaired) electrons. The first-order valence-electron chi connectivity index (χ1n) is 8.34. The molecular formula is C19H16N4O2S2. The number of fused-ring (bicyclic) bond motifs is 1. The van der Waals surface area contributed by atoms with E-state index in [1.54, 1.807) is 11.3 Å². The third-order valence-electron chi connectivity index (χ3n) is 4.02. The van der Waals surface area contributed by atoms with Crippen molar-refractivity contribution in [2.24, 2.45) is 0 Å². The Morgan fingerprint density at radius 2 is 2.00 bits per heavy atom. The van der Waals surface area contributed by atoms with Crippen LogP contribution in [0.15, 0.2) is 52.6 Å². The summed E-state index contributed by atoms with van der Waals surface area (Å²) in [7, 11) is 0. The largest absolute Gasteiger partial charge is 0.350 e. The van der Waals surface area contributed by atoms with E-state index in [2.05, 4.69) is 15.4 Å². The van der Waals surface area contributed by atoms with Crippen molar-refractivity contribution in [2.45, 2.75) is 20.0 Å². The summed E-state index contributed by atoms with van der Waals surface area (Å²) in [6, 6.07) is 13.6. The van der Waals surface area contributed by atoms with Crippen LogP contribution in [0.25, 0.3) is 20.8 Å². The lowest BCUT2D eigenvalue weighted by Crippen LogP contribution is -2.33. The number of aromatic nitrogens is 3. The predicted octanol–water partition coefficient (Wildman–Crippen LogP) is 3.21. The highest BCUT2D eigenvalue weighted by molar-refractivity contribution is 7.21. The number of nitrogens with one attached hydrogen (secondary N) is 1. The summed E-state index contributed by atoms with van der Waals surface area (Å²) < 4.78 is 1.95. The van der Waals surface area contributed by atoms with Gasteiger partial charge < -0.3 is 5.32 Å². The fourth-order valence-electron chi connectivity index (χ4n) is 2.71. The third kappa shape index (κ3) is 3.67. The van der Waals surface area contributed by atoms with E-state index < -0.39 is 0 Å². The normalized spacial score (nSPS) is 11.0. The number of rotatable bonds is 5. The Morgan fingerprint density at radius 1 is 1.19 bits per heavy atom. The number of benzene rings is 1. The molecule has 3 aromatic heterocycles. The van der Waals surface area contributed by atoms with Gasteiger partial charge in [0.2, 0.25) is 5.91 Å². The second kappa shape index (κ2) is 7.42. The topological polar surface area (TPSA) is 76.9 Å². The van der Waals surface area contributed by atoms with Crippen LogP contribution in [0.2, 0.25) is 0 Å². The van der Waals surface area contributed by atoms with E-state index >= 15 is 0 Å². The van der Waals surface area contributed by atoms with Gasteiger partial charge in [-0.3, -0.25) is 9.59 Å². The molecule has 0 unspecified atom stereocenters. The molecule has 6 nitrogen and oxygen atoms in total. The zero-order valence-corrected chi connectivity index (χ0v) is 16.1. The Morgan fingerprint density at radius 3 is 2.74 bits per heavy atom. The lowest BCUT2D eigenvalue weighted by molar-refractivity contribution is -0.122. The first kappa shape index (κ1) is 17.6. The molecule has 1 N–H and O–H groups in total. The number of nitrogens with zero attached hydrogens (tertiary/aromatic N) is 3. The van der Waals surface area contributed by atoms with Crippen molar-refractivity contribution in [2.75, 3.05) is 0 Å². The Balaban J connectivity index is 1.61. The molecule has 3 heterocycles. The van der Waals surface area contributed by atoms with Gasteiger partial charge in [-0.05, 0) is 18.4 Å². The number of thiophene rings is 1. The van der Waals surface area contributed by atoms with Gasteiger partial charge >= 0.3 is 0 Å². The standard InChI is InChI=1S/C19H16N4O2S2/c1-12-17-16(21-18(27-17)13-6-3-2-4-7-13)19(25)23(22-12)11-15(24)20-10-14-8-5-9-26-14/h2-9H,10-11H2,1H3,(H,20,24). The molecule has 0 saturated heterocycles. The lowest BCUT2D eigenvalue weighted by Gasteiger charge is -2.06. The molecule has 1 amide bonds. The van der Waals surface area contributed by atoms with Crippen LogP contribution < -0.4 is 10.9 Å². The van der Waals surface area contributed by atoms with Crippen molar-refractivity contribution in [1.29, 1.82) is 0 Å². The van der Waals surface area contributed by atoms with Crippen molar-refractivity contribution in [3.63, 3.8) is 0 Å². The van der Waals surface area contributed by atoms with Gasteiger partial charge in [-0.25, -0.2) is 9.67 Å². The first-order chi connectivity index (χ1) is 13.1. The van der Waals surface area contributed by atoms with E-state index in [1.165, 1.54) is 16.0 Å². The summed E-state index contributed by atoms with van der Waals surface area (Å²) in [5.41, 5.74) is 1.66. The minimum Gasteiger partial charge on any atom is -0.350 e. The van der Waals surface area contributed by atoms with Crippen molar-refractivity contribution < 1.29 is 4.79 Å². The first-order valence-corrected chi connectivity index (χ1v) is 10.0. The Bertz CT molecular complexity index is 1150.